The Morgan fingerprint density at radius 1 is 0.885 bits per heavy atom. The van der Waals surface area contributed by atoms with Gasteiger partial charge in [-0.25, -0.2) is 0 Å². The van der Waals surface area contributed by atoms with Gasteiger partial charge in [0.25, 0.3) is 0 Å². The number of nitrogens with zero attached hydrogens (tertiary/aromatic N) is 4. The molecule has 3 heterocycles. The maximum atomic E-state index is 11.9. The highest BCUT2D eigenvalue weighted by Crippen LogP contribution is 2.46. The Balaban J connectivity index is 2.14. The molecule has 0 bridgehead atoms. The third-order valence-corrected chi connectivity index (χ3v) is 4.98. The van der Waals surface area contributed by atoms with Crippen molar-refractivity contribution >= 4 is 0 Å². The maximum Gasteiger partial charge on any atom is 0.245 e. The summed E-state index contributed by atoms with van der Waals surface area (Å²) in [7, 11) is 0. The van der Waals surface area contributed by atoms with Crippen molar-refractivity contribution in [2.24, 2.45) is 5.41 Å². The van der Waals surface area contributed by atoms with Gasteiger partial charge in [-0.1, -0.05) is 12.1 Å². The monoisotopic (exact) mass is 357 g/mol. The Morgan fingerprint density at radius 2 is 1.31 bits per heavy atom. The van der Waals surface area contributed by atoms with E-state index >= 15 is 0 Å². The summed E-state index contributed by atoms with van der Waals surface area (Å²) in [6.45, 7) is 3.14. The molecule has 3 rings (SSSR count). The van der Waals surface area contributed by atoms with E-state index in [9.17, 15) is 20.2 Å². The van der Waals surface area contributed by atoms with Crippen LogP contribution >= 0.6 is 0 Å². The molecule has 2 aromatic heterocycles. The molecule has 4 atom stereocenters. The molecule has 0 spiro atoms. The molecule has 0 radical (unpaired) electrons. The molecule has 0 aromatic carbocycles. The predicted molar refractivity (Wildman–Crippen MR) is 92.4 cm³/mol. The lowest BCUT2D eigenvalue weighted by Gasteiger charge is -2.43. The summed E-state index contributed by atoms with van der Waals surface area (Å²) in [6, 6.07) is 6.31. The van der Waals surface area contributed by atoms with Crippen LogP contribution in [-0.4, -0.2) is 31.9 Å². The van der Waals surface area contributed by atoms with Gasteiger partial charge in [0.1, 0.15) is 17.5 Å². The lowest BCUT2D eigenvalue weighted by molar-refractivity contribution is -0.605. The van der Waals surface area contributed by atoms with Crippen molar-refractivity contribution in [3.8, 4) is 0 Å². The second kappa shape index (κ2) is 6.75. The van der Waals surface area contributed by atoms with Crippen molar-refractivity contribution in [2.75, 3.05) is 0 Å². The summed E-state index contributed by atoms with van der Waals surface area (Å²) in [5.74, 6) is 0. The number of nitro groups is 2. The van der Waals surface area contributed by atoms with E-state index in [1.165, 1.54) is 0 Å². The Labute approximate surface area is 149 Å². The highest BCUT2D eigenvalue weighted by molar-refractivity contribution is 5.21. The number of nitrogens with one attached hydrogen (secondary N) is 1. The normalized spacial score (nSPS) is 27.6. The second-order valence-electron chi connectivity index (χ2n) is 6.91. The van der Waals surface area contributed by atoms with Gasteiger partial charge in [-0.3, -0.25) is 35.5 Å². The third kappa shape index (κ3) is 3.01. The van der Waals surface area contributed by atoms with Gasteiger partial charge in [0.15, 0.2) is 0 Å². The fourth-order valence-electron chi connectivity index (χ4n) is 3.81. The standard InChI is InChI=1S/C17H19N5O4/c1-17(2)15(21(23)24)13(11-7-3-5-9-18-11)20-14(16(17)22(25)26)12-8-4-6-10-19-12/h3-10,13-16,20H,1-2H3/t13-,14-,15-,16+/m0/s1. The molecule has 26 heavy (non-hydrogen) atoms. The van der Waals surface area contributed by atoms with Gasteiger partial charge in [0, 0.05) is 22.2 Å². The van der Waals surface area contributed by atoms with E-state index in [1.807, 2.05) is 0 Å². The molecule has 0 saturated carbocycles. The van der Waals surface area contributed by atoms with Crippen LogP contribution in [0.4, 0.5) is 0 Å². The van der Waals surface area contributed by atoms with Gasteiger partial charge >= 0.3 is 0 Å². The number of aromatic nitrogens is 2. The van der Waals surface area contributed by atoms with Crippen LogP contribution in [0.25, 0.3) is 0 Å². The van der Waals surface area contributed by atoms with E-state index < -0.39 is 39.4 Å². The first-order valence-corrected chi connectivity index (χ1v) is 8.19. The number of piperidine rings is 1. The minimum Gasteiger partial charge on any atom is -0.289 e. The lowest BCUT2D eigenvalue weighted by atomic mass is 9.67. The molecule has 2 aromatic rings. The molecular formula is C17H19N5O4. The maximum absolute atomic E-state index is 11.9. The fraction of sp³-hybridized carbons (Fsp3) is 0.412. The average Bonchev–Trinajstić information content (AvgIpc) is 2.60. The van der Waals surface area contributed by atoms with E-state index in [0.717, 1.165) is 0 Å². The number of pyridine rings is 2. The Bertz CT molecular complexity index is 734. The number of rotatable bonds is 4. The Morgan fingerprint density at radius 3 is 1.62 bits per heavy atom. The second-order valence-corrected chi connectivity index (χ2v) is 6.91. The minimum atomic E-state index is -1.23. The van der Waals surface area contributed by atoms with Crippen molar-refractivity contribution in [2.45, 2.75) is 38.0 Å². The molecule has 9 nitrogen and oxygen atoms in total. The van der Waals surface area contributed by atoms with Crippen LogP contribution in [0.15, 0.2) is 48.8 Å². The zero-order valence-corrected chi connectivity index (χ0v) is 14.4. The molecule has 0 aliphatic carbocycles. The van der Waals surface area contributed by atoms with E-state index in [-0.39, 0.29) is 0 Å². The lowest BCUT2D eigenvalue weighted by Crippen LogP contribution is -2.63. The number of hydrogen-bond donors (Lipinski definition) is 1. The van der Waals surface area contributed by atoms with Gasteiger partial charge in [0.2, 0.25) is 12.1 Å². The van der Waals surface area contributed by atoms with Gasteiger partial charge < -0.3 is 0 Å². The summed E-state index contributed by atoms with van der Waals surface area (Å²) in [5, 5.41) is 26.8. The molecular weight excluding hydrogens is 338 g/mol. The van der Waals surface area contributed by atoms with Crippen molar-refractivity contribution in [1.82, 2.24) is 15.3 Å². The first-order chi connectivity index (χ1) is 12.3. The van der Waals surface area contributed by atoms with Gasteiger partial charge in [0.05, 0.1) is 11.4 Å². The average molecular weight is 357 g/mol. The summed E-state index contributed by atoms with van der Waals surface area (Å²) < 4.78 is 0. The summed E-state index contributed by atoms with van der Waals surface area (Å²) in [5.41, 5.74) is -0.280. The zero-order chi connectivity index (χ0) is 18.9. The summed E-state index contributed by atoms with van der Waals surface area (Å²) >= 11 is 0. The van der Waals surface area contributed by atoms with E-state index in [1.54, 1.807) is 62.6 Å². The largest absolute Gasteiger partial charge is 0.289 e. The van der Waals surface area contributed by atoms with Crippen LogP contribution in [0.1, 0.15) is 37.3 Å². The summed E-state index contributed by atoms with van der Waals surface area (Å²) in [6.07, 6.45) is 3.10. The zero-order valence-electron chi connectivity index (χ0n) is 14.4. The Kier molecular flexibility index (Phi) is 4.64. The van der Waals surface area contributed by atoms with Crippen molar-refractivity contribution < 1.29 is 9.85 Å². The molecule has 1 saturated heterocycles. The highest BCUT2D eigenvalue weighted by atomic mass is 16.6. The topological polar surface area (TPSA) is 124 Å². The minimum absolute atomic E-state index is 0.447. The van der Waals surface area contributed by atoms with Crippen molar-refractivity contribution in [3.05, 3.63) is 80.4 Å². The van der Waals surface area contributed by atoms with Crippen LogP contribution in [0.3, 0.4) is 0 Å². The van der Waals surface area contributed by atoms with Gasteiger partial charge in [-0.05, 0) is 38.1 Å². The van der Waals surface area contributed by atoms with Crippen LogP contribution in [0, 0.1) is 25.6 Å². The quantitative estimate of drug-likeness (QED) is 0.657. The van der Waals surface area contributed by atoms with Crippen molar-refractivity contribution in [3.63, 3.8) is 0 Å². The molecule has 1 fully saturated rings. The molecule has 1 aliphatic heterocycles. The molecule has 0 amide bonds. The highest BCUT2D eigenvalue weighted by Gasteiger charge is 2.63. The molecule has 9 heteroatoms. The van der Waals surface area contributed by atoms with E-state index in [4.69, 9.17) is 0 Å². The van der Waals surface area contributed by atoms with Crippen molar-refractivity contribution in [1.29, 1.82) is 0 Å². The molecule has 1 aliphatic rings. The molecule has 0 unspecified atom stereocenters. The number of hydrogen-bond acceptors (Lipinski definition) is 7. The van der Waals surface area contributed by atoms with Crippen LogP contribution in [0.2, 0.25) is 0 Å². The van der Waals surface area contributed by atoms with E-state index in [0.29, 0.717) is 11.4 Å². The van der Waals surface area contributed by atoms with Crippen LogP contribution < -0.4 is 5.32 Å². The van der Waals surface area contributed by atoms with Gasteiger partial charge in [-0.2, -0.15) is 0 Å². The Hall–Kier alpha value is -2.94. The predicted octanol–water partition coefficient (Wildman–Crippen LogP) is 2.18. The first-order valence-electron chi connectivity index (χ1n) is 8.19. The summed E-state index contributed by atoms with van der Waals surface area (Å²) in [4.78, 5) is 31.3. The van der Waals surface area contributed by atoms with Crippen LogP contribution in [0.5, 0.6) is 0 Å². The van der Waals surface area contributed by atoms with E-state index in [2.05, 4.69) is 15.3 Å². The SMILES string of the molecule is CC1(C)[C@@H]([N+](=O)[O-])[C@H](c2ccccn2)N[C@@H](c2ccccn2)[C@H]1[N+](=O)[O-]. The molecule has 136 valence electrons. The fourth-order valence-corrected chi connectivity index (χ4v) is 3.81. The molecule has 1 N–H and O–H groups in total. The smallest absolute Gasteiger partial charge is 0.245 e. The third-order valence-electron chi connectivity index (χ3n) is 4.98. The first kappa shape index (κ1) is 17.9. The van der Waals surface area contributed by atoms with Gasteiger partial charge in [-0.15, -0.1) is 0 Å². The van der Waals surface area contributed by atoms with Crippen LogP contribution in [-0.2, 0) is 0 Å².